The molecular formula is C26H23BrF3N2O3+. The predicted octanol–water partition coefficient (Wildman–Crippen LogP) is 6.68. The molecule has 5 nitrogen and oxygen atoms in total. The molecule has 0 fully saturated rings. The number of carbonyl (C=O) groups excluding carboxylic acids is 1. The van der Waals surface area contributed by atoms with Gasteiger partial charge in [-0.15, -0.1) is 0 Å². The molecule has 0 aliphatic rings. The first-order valence-electron chi connectivity index (χ1n) is 10.2. The monoisotopic (exact) mass is 547 g/mol. The number of alkyl halides is 3. The largest absolute Gasteiger partial charge is 0.476 e. The first-order chi connectivity index (χ1) is 16.4. The Hall–Kier alpha value is -3.64. The summed E-state index contributed by atoms with van der Waals surface area (Å²) in [6.07, 6.45) is -4.42. The maximum absolute atomic E-state index is 14.3. The van der Waals surface area contributed by atoms with Gasteiger partial charge in [0.05, 0.1) is 5.57 Å². The van der Waals surface area contributed by atoms with Gasteiger partial charge < -0.3 is 10.0 Å². The molecule has 0 amide bonds. The van der Waals surface area contributed by atoms with Crippen LogP contribution in [-0.4, -0.2) is 44.2 Å². The van der Waals surface area contributed by atoms with Gasteiger partial charge in [-0.05, 0) is 47.0 Å². The highest BCUT2D eigenvalue weighted by molar-refractivity contribution is 9.10. The Morgan fingerprint density at radius 2 is 1.71 bits per heavy atom. The smallest absolute Gasteiger partial charge is 0.417 e. The van der Waals surface area contributed by atoms with Gasteiger partial charge >= 0.3 is 18.7 Å². The molecule has 0 aromatic heterocycles. The Morgan fingerprint density at radius 1 is 1.09 bits per heavy atom. The zero-order chi connectivity index (χ0) is 26.3. The van der Waals surface area contributed by atoms with Crippen molar-refractivity contribution < 1.29 is 27.9 Å². The molecule has 3 aromatic carbocycles. The topological polar surface area (TPSA) is 62.0 Å². The number of hydrogen-bond donors (Lipinski definition) is 1. The number of carboxylic acid groups (broad SMARTS) is 1. The number of allylic oxidation sites excluding steroid dienone is 2. The maximum Gasteiger partial charge on any atom is 0.417 e. The Kier molecular flexibility index (Phi) is 9.20. The van der Waals surface area contributed by atoms with E-state index in [4.69, 9.17) is 5.11 Å². The van der Waals surface area contributed by atoms with E-state index in [1.54, 1.807) is 55.4 Å². The number of aryl methyl sites for hydroxylation is 1. The van der Waals surface area contributed by atoms with Crippen molar-refractivity contribution in [3.05, 3.63) is 80.6 Å². The van der Waals surface area contributed by atoms with E-state index in [1.165, 1.54) is 6.07 Å². The number of benzene rings is 3. The number of hydrogen-bond acceptors (Lipinski definition) is 3. The van der Waals surface area contributed by atoms with Gasteiger partial charge in [0.2, 0.25) is 0 Å². The van der Waals surface area contributed by atoms with Gasteiger partial charge in [-0.3, -0.25) is 4.79 Å². The number of aliphatic carboxylic acids is 1. The minimum absolute atomic E-state index is 0.0522. The van der Waals surface area contributed by atoms with Crippen LogP contribution in [0.25, 0.3) is 26.8 Å². The molecule has 3 rings (SSSR count). The van der Waals surface area contributed by atoms with Crippen molar-refractivity contribution in [3.8, 4) is 6.57 Å². The average molecular weight is 548 g/mol. The molecule has 0 spiro atoms. The molecule has 0 aliphatic heterocycles. The fourth-order valence-corrected chi connectivity index (χ4v) is 3.95. The molecule has 3 aromatic rings. The number of fused-ring (bicyclic) bond motifs is 1. The molecule has 0 atom stereocenters. The molecule has 9 heteroatoms. The molecule has 35 heavy (non-hydrogen) atoms. The molecule has 0 bridgehead atoms. The Balaban J connectivity index is 0.000000641. The van der Waals surface area contributed by atoms with Crippen LogP contribution in [0.4, 0.5) is 18.9 Å². The minimum Gasteiger partial charge on any atom is -0.476 e. The van der Waals surface area contributed by atoms with Crippen molar-refractivity contribution in [2.75, 3.05) is 25.5 Å². The Labute approximate surface area is 209 Å². The van der Waals surface area contributed by atoms with E-state index in [0.717, 1.165) is 10.9 Å². The summed E-state index contributed by atoms with van der Waals surface area (Å²) < 4.78 is 43.5. The molecular weight excluding hydrogens is 525 g/mol. The van der Waals surface area contributed by atoms with Crippen molar-refractivity contribution in [2.45, 2.75) is 13.1 Å². The van der Waals surface area contributed by atoms with Crippen LogP contribution in [0.5, 0.6) is 0 Å². The number of halogens is 4. The maximum atomic E-state index is 14.3. The predicted molar refractivity (Wildman–Crippen MR) is 137 cm³/mol. The second-order valence-corrected chi connectivity index (χ2v) is 8.59. The zero-order valence-corrected chi connectivity index (χ0v) is 20.8. The SMILES string of the molecule is C#[N+]CC(=O)O.Cc1cccc2c(/C(C=O)=C(/c3cc(Br)ccc3N(C)C)C(F)(F)F)cccc12. The van der Waals surface area contributed by atoms with Crippen molar-refractivity contribution in [1.29, 1.82) is 0 Å². The van der Waals surface area contributed by atoms with Gasteiger partial charge in [-0.25, -0.2) is 4.79 Å². The van der Waals surface area contributed by atoms with Crippen molar-refractivity contribution in [3.63, 3.8) is 0 Å². The number of carbonyl (C=O) groups is 2. The normalized spacial score (nSPS) is 11.6. The fraction of sp³-hybridized carbons (Fsp3) is 0.192. The summed E-state index contributed by atoms with van der Waals surface area (Å²) in [5.74, 6) is -1.00. The Bertz CT molecular complexity index is 1330. The molecule has 0 aliphatic carbocycles. The summed E-state index contributed by atoms with van der Waals surface area (Å²) in [6.45, 7) is 6.06. The summed E-state index contributed by atoms with van der Waals surface area (Å²) in [6, 6.07) is 15.2. The number of aldehydes is 1. The highest BCUT2D eigenvalue weighted by atomic mass is 79.9. The van der Waals surface area contributed by atoms with E-state index < -0.39 is 17.7 Å². The summed E-state index contributed by atoms with van der Waals surface area (Å²) in [4.78, 5) is 25.9. The minimum atomic E-state index is -4.73. The third kappa shape index (κ3) is 6.70. The van der Waals surface area contributed by atoms with Crippen molar-refractivity contribution in [2.24, 2.45) is 0 Å². The molecule has 0 saturated carbocycles. The van der Waals surface area contributed by atoms with Gasteiger partial charge in [-0.2, -0.15) is 13.2 Å². The van der Waals surface area contributed by atoms with Crippen LogP contribution < -0.4 is 4.90 Å². The molecule has 0 saturated heterocycles. The molecule has 0 radical (unpaired) electrons. The number of carboxylic acids is 1. The number of anilines is 1. The van der Waals surface area contributed by atoms with E-state index in [1.807, 2.05) is 19.1 Å². The van der Waals surface area contributed by atoms with Gasteiger partial charge in [0.25, 0.3) is 6.57 Å². The summed E-state index contributed by atoms with van der Waals surface area (Å²) in [5.41, 5.74) is 0.180. The van der Waals surface area contributed by atoms with Gasteiger partial charge in [0.1, 0.15) is 0 Å². The van der Waals surface area contributed by atoms with Gasteiger partial charge in [-0.1, -0.05) is 57.2 Å². The summed E-state index contributed by atoms with van der Waals surface area (Å²) in [5, 5.41) is 9.16. The standard InChI is InChI=1S/C23H19BrF3NO.C3H3NO2/c1-14-6-4-8-17-16(14)7-5-9-18(17)20(13-29)22(23(25,26)27)19-12-15(24)10-11-21(19)28(2)3;1-4-2-3(5)6/h4-13H,1-3H3;1H,2H2/p+1/b22-20-;. The first kappa shape index (κ1) is 27.6. The Morgan fingerprint density at radius 3 is 2.23 bits per heavy atom. The van der Waals surface area contributed by atoms with Gasteiger partial charge in [0.15, 0.2) is 6.29 Å². The van der Waals surface area contributed by atoms with Crippen molar-refractivity contribution >= 4 is 55.8 Å². The number of nitrogens with zero attached hydrogens (tertiary/aromatic N) is 2. The lowest BCUT2D eigenvalue weighted by molar-refractivity contribution is -0.134. The fourth-order valence-electron chi connectivity index (χ4n) is 3.59. The highest BCUT2D eigenvalue weighted by Crippen LogP contribution is 2.44. The molecule has 1 N–H and O–H groups in total. The lowest BCUT2D eigenvalue weighted by Crippen LogP contribution is -2.18. The van der Waals surface area contributed by atoms with Crippen LogP contribution in [0.2, 0.25) is 0 Å². The second kappa shape index (κ2) is 11.7. The van der Waals surface area contributed by atoms with E-state index in [-0.39, 0.29) is 23.2 Å². The first-order valence-corrected chi connectivity index (χ1v) is 11.0. The van der Waals surface area contributed by atoms with E-state index in [9.17, 15) is 22.8 Å². The second-order valence-electron chi connectivity index (χ2n) is 7.67. The molecule has 0 heterocycles. The summed E-state index contributed by atoms with van der Waals surface area (Å²) >= 11 is 3.26. The third-order valence-electron chi connectivity index (χ3n) is 5.04. The summed E-state index contributed by atoms with van der Waals surface area (Å²) in [7, 11) is 3.34. The molecule has 182 valence electrons. The number of rotatable bonds is 5. The highest BCUT2D eigenvalue weighted by Gasteiger charge is 2.39. The third-order valence-corrected chi connectivity index (χ3v) is 5.53. The van der Waals surface area contributed by atoms with Crippen LogP contribution in [0.3, 0.4) is 0 Å². The van der Waals surface area contributed by atoms with E-state index in [2.05, 4.69) is 27.3 Å². The quantitative estimate of drug-likeness (QED) is 0.220. The van der Waals surface area contributed by atoms with Crippen LogP contribution in [0, 0.1) is 13.5 Å². The molecule has 0 unspecified atom stereocenters. The van der Waals surface area contributed by atoms with Crippen LogP contribution in [0.15, 0.2) is 59.1 Å². The van der Waals surface area contributed by atoms with Crippen LogP contribution >= 0.6 is 15.9 Å². The van der Waals surface area contributed by atoms with E-state index in [0.29, 0.717) is 21.8 Å². The van der Waals surface area contributed by atoms with Gasteiger partial charge in [0, 0.05) is 35.4 Å². The average Bonchev–Trinajstić information content (AvgIpc) is 2.76. The lowest BCUT2D eigenvalue weighted by atomic mass is 9.90. The van der Waals surface area contributed by atoms with Crippen LogP contribution in [0.1, 0.15) is 16.7 Å². The van der Waals surface area contributed by atoms with Crippen molar-refractivity contribution in [1.82, 2.24) is 0 Å². The lowest BCUT2D eigenvalue weighted by Gasteiger charge is -2.23. The zero-order valence-electron chi connectivity index (χ0n) is 19.2. The van der Waals surface area contributed by atoms with E-state index >= 15 is 0 Å². The van der Waals surface area contributed by atoms with Crippen LogP contribution in [-0.2, 0) is 9.59 Å².